The summed E-state index contributed by atoms with van der Waals surface area (Å²) in [4.78, 5) is 17.3. The van der Waals surface area contributed by atoms with Gasteiger partial charge in [-0.05, 0) is 48.6 Å². The Morgan fingerprint density at radius 1 is 1.23 bits per heavy atom. The average molecular weight is 404 g/mol. The number of H-pyrrole nitrogens is 1. The molecule has 4 rings (SSSR count). The highest BCUT2D eigenvalue weighted by molar-refractivity contribution is 5.87. The number of nitrogens with zero attached hydrogens (tertiary/aromatic N) is 1. The normalized spacial score (nSPS) is 19.7. The van der Waals surface area contributed by atoms with Crippen LogP contribution < -0.4 is 5.73 Å². The van der Waals surface area contributed by atoms with Crippen LogP contribution in [0.25, 0.3) is 17.0 Å². The van der Waals surface area contributed by atoms with E-state index >= 15 is 0 Å². The third-order valence-corrected chi connectivity index (χ3v) is 6.01. The molecule has 1 aliphatic heterocycles. The van der Waals surface area contributed by atoms with Crippen molar-refractivity contribution in [3.05, 3.63) is 77.0 Å². The number of benzene rings is 2. The van der Waals surface area contributed by atoms with Gasteiger partial charge in [0.2, 0.25) is 0 Å². The molecule has 3 aromatic rings. The second kappa shape index (κ2) is 8.86. The Morgan fingerprint density at radius 3 is 2.77 bits per heavy atom. The number of aromatic nitrogens is 1. The second-order valence-electron chi connectivity index (χ2n) is 8.16. The number of methoxy groups -OCH3 is 1. The Kier molecular flexibility index (Phi) is 6.02. The molecule has 2 unspecified atom stereocenters. The first kappa shape index (κ1) is 20.4. The van der Waals surface area contributed by atoms with Crippen molar-refractivity contribution in [1.29, 1.82) is 0 Å². The zero-order chi connectivity index (χ0) is 21.1. The number of hydrogen-bond donors (Lipinski definition) is 2. The molecule has 5 nitrogen and oxygen atoms in total. The van der Waals surface area contributed by atoms with Gasteiger partial charge in [0.05, 0.1) is 7.11 Å². The average Bonchev–Trinajstić information content (AvgIpc) is 3.26. The monoisotopic (exact) mass is 403 g/mol. The summed E-state index contributed by atoms with van der Waals surface area (Å²) in [6, 6.07) is 17.5. The minimum Gasteiger partial charge on any atom is -0.466 e. The van der Waals surface area contributed by atoms with E-state index in [1.54, 1.807) is 6.08 Å². The summed E-state index contributed by atoms with van der Waals surface area (Å²) in [5, 5.41) is 1.32. The lowest BCUT2D eigenvalue weighted by molar-refractivity contribution is -0.134. The summed E-state index contributed by atoms with van der Waals surface area (Å²) >= 11 is 0. The van der Waals surface area contributed by atoms with Gasteiger partial charge in [-0.25, -0.2) is 4.79 Å². The third-order valence-electron chi connectivity index (χ3n) is 6.01. The standard InChI is InChI=1S/C25H29N3O2/c1-17-23(22-5-3-4-6-24(22)27-17)14-21-13-20(26)16-28(21)15-19-9-7-18(8-10-19)11-12-25(29)30-2/h3-12,20-21,27H,13-16,26H2,1-2H3. The van der Waals surface area contributed by atoms with Gasteiger partial charge in [-0.3, -0.25) is 4.90 Å². The van der Waals surface area contributed by atoms with Gasteiger partial charge < -0.3 is 15.5 Å². The van der Waals surface area contributed by atoms with Crippen molar-refractivity contribution in [3.8, 4) is 0 Å². The second-order valence-corrected chi connectivity index (χ2v) is 8.16. The molecule has 1 aliphatic rings. The summed E-state index contributed by atoms with van der Waals surface area (Å²) in [5.74, 6) is -0.347. The van der Waals surface area contributed by atoms with Crippen LogP contribution in [0.2, 0.25) is 0 Å². The molecule has 0 radical (unpaired) electrons. The number of rotatable bonds is 6. The maximum Gasteiger partial charge on any atom is 0.330 e. The molecule has 0 bridgehead atoms. The molecule has 156 valence electrons. The maximum absolute atomic E-state index is 11.3. The van der Waals surface area contributed by atoms with Crippen LogP contribution in [-0.4, -0.2) is 41.6 Å². The number of fused-ring (bicyclic) bond motifs is 1. The summed E-state index contributed by atoms with van der Waals surface area (Å²) in [5.41, 5.74) is 12.4. The van der Waals surface area contributed by atoms with Gasteiger partial charge in [0.15, 0.2) is 0 Å². The SMILES string of the molecule is COC(=O)C=Cc1ccc(CN2CC(N)CC2Cc2c(C)[nH]c3ccccc23)cc1. The molecular weight excluding hydrogens is 374 g/mol. The summed E-state index contributed by atoms with van der Waals surface area (Å²) in [7, 11) is 1.38. The molecule has 1 fully saturated rings. The Hall–Kier alpha value is -2.89. The van der Waals surface area contributed by atoms with Gasteiger partial charge in [0.25, 0.3) is 0 Å². The Balaban J connectivity index is 1.47. The first-order chi connectivity index (χ1) is 14.5. The number of ether oxygens (including phenoxy) is 1. The van der Waals surface area contributed by atoms with E-state index in [4.69, 9.17) is 5.73 Å². The summed E-state index contributed by atoms with van der Waals surface area (Å²) < 4.78 is 4.64. The Morgan fingerprint density at radius 2 is 2.00 bits per heavy atom. The van der Waals surface area contributed by atoms with Crippen molar-refractivity contribution in [2.75, 3.05) is 13.7 Å². The molecule has 2 aromatic carbocycles. The predicted molar refractivity (Wildman–Crippen MR) is 121 cm³/mol. The largest absolute Gasteiger partial charge is 0.466 e. The number of hydrogen-bond acceptors (Lipinski definition) is 4. The number of carbonyl (C=O) groups excluding carboxylic acids is 1. The lowest BCUT2D eigenvalue weighted by atomic mass is 10.00. The molecule has 1 saturated heterocycles. The lowest BCUT2D eigenvalue weighted by Crippen LogP contribution is -2.31. The first-order valence-electron chi connectivity index (χ1n) is 10.4. The van der Waals surface area contributed by atoms with Crippen molar-refractivity contribution in [2.45, 2.75) is 38.4 Å². The van der Waals surface area contributed by atoms with Gasteiger partial charge in [0.1, 0.15) is 0 Å². The third kappa shape index (κ3) is 4.48. The zero-order valence-corrected chi connectivity index (χ0v) is 17.6. The van der Waals surface area contributed by atoms with Gasteiger partial charge in [0, 0.05) is 47.8 Å². The molecular formula is C25H29N3O2. The number of likely N-dealkylation sites (tertiary alicyclic amines) is 1. The van der Waals surface area contributed by atoms with E-state index in [0.29, 0.717) is 6.04 Å². The molecule has 5 heteroatoms. The number of esters is 1. The van der Waals surface area contributed by atoms with Crippen molar-refractivity contribution < 1.29 is 9.53 Å². The van der Waals surface area contributed by atoms with Crippen LogP contribution in [0.5, 0.6) is 0 Å². The van der Waals surface area contributed by atoms with E-state index in [-0.39, 0.29) is 12.0 Å². The molecule has 0 amide bonds. The van der Waals surface area contributed by atoms with E-state index in [0.717, 1.165) is 31.5 Å². The van der Waals surface area contributed by atoms with E-state index in [1.165, 1.54) is 40.9 Å². The maximum atomic E-state index is 11.3. The van der Waals surface area contributed by atoms with Gasteiger partial charge in [-0.15, -0.1) is 0 Å². The topological polar surface area (TPSA) is 71.3 Å². The summed E-state index contributed by atoms with van der Waals surface area (Å²) in [6.45, 7) is 3.95. The van der Waals surface area contributed by atoms with Gasteiger partial charge in [-0.1, -0.05) is 42.5 Å². The van der Waals surface area contributed by atoms with E-state index in [2.05, 4.69) is 57.9 Å². The summed E-state index contributed by atoms with van der Waals surface area (Å²) in [6.07, 6.45) is 5.22. The molecule has 2 heterocycles. The Bertz CT molecular complexity index is 1050. The fourth-order valence-electron chi connectivity index (χ4n) is 4.46. The molecule has 0 aliphatic carbocycles. The van der Waals surface area contributed by atoms with E-state index in [1.807, 2.05) is 12.1 Å². The highest BCUT2D eigenvalue weighted by Gasteiger charge is 2.31. The number of nitrogens with two attached hydrogens (primary N) is 1. The van der Waals surface area contributed by atoms with Crippen LogP contribution in [0.1, 0.15) is 28.8 Å². The van der Waals surface area contributed by atoms with Crippen molar-refractivity contribution in [1.82, 2.24) is 9.88 Å². The number of aryl methyl sites for hydroxylation is 1. The van der Waals surface area contributed by atoms with Crippen LogP contribution in [-0.2, 0) is 22.5 Å². The highest BCUT2D eigenvalue weighted by atomic mass is 16.5. The van der Waals surface area contributed by atoms with E-state index < -0.39 is 0 Å². The van der Waals surface area contributed by atoms with Crippen LogP contribution in [0.4, 0.5) is 0 Å². The number of para-hydroxylation sites is 1. The minimum atomic E-state index is -0.347. The number of nitrogens with one attached hydrogen (secondary N) is 1. The number of aromatic amines is 1. The molecule has 30 heavy (non-hydrogen) atoms. The minimum absolute atomic E-state index is 0.211. The lowest BCUT2D eigenvalue weighted by Gasteiger charge is -2.24. The van der Waals surface area contributed by atoms with Crippen molar-refractivity contribution in [2.24, 2.45) is 5.73 Å². The fourth-order valence-corrected chi connectivity index (χ4v) is 4.46. The molecule has 1 aromatic heterocycles. The molecule has 0 saturated carbocycles. The van der Waals surface area contributed by atoms with Gasteiger partial charge in [-0.2, -0.15) is 0 Å². The van der Waals surface area contributed by atoms with Crippen LogP contribution in [0.15, 0.2) is 54.6 Å². The molecule has 3 N–H and O–H groups in total. The van der Waals surface area contributed by atoms with Crippen LogP contribution in [0.3, 0.4) is 0 Å². The predicted octanol–water partition coefficient (Wildman–Crippen LogP) is 3.81. The number of carbonyl (C=O) groups is 1. The first-order valence-corrected chi connectivity index (χ1v) is 10.4. The fraction of sp³-hybridized carbons (Fsp3) is 0.320. The zero-order valence-electron chi connectivity index (χ0n) is 17.6. The quantitative estimate of drug-likeness (QED) is 0.485. The highest BCUT2D eigenvalue weighted by Crippen LogP contribution is 2.28. The van der Waals surface area contributed by atoms with Crippen LogP contribution in [0, 0.1) is 6.92 Å². The van der Waals surface area contributed by atoms with Crippen molar-refractivity contribution >= 4 is 22.9 Å². The van der Waals surface area contributed by atoms with Gasteiger partial charge >= 0.3 is 5.97 Å². The molecule has 2 atom stereocenters. The van der Waals surface area contributed by atoms with Crippen molar-refractivity contribution in [3.63, 3.8) is 0 Å². The smallest absolute Gasteiger partial charge is 0.330 e. The van der Waals surface area contributed by atoms with E-state index in [9.17, 15) is 4.79 Å². The molecule has 0 spiro atoms. The Labute approximate surface area is 177 Å². The van der Waals surface area contributed by atoms with Crippen LogP contribution >= 0.6 is 0 Å².